The molecule has 0 saturated heterocycles. The van der Waals surface area contributed by atoms with Crippen molar-refractivity contribution in [3.05, 3.63) is 0 Å². The van der Waals surface area contributed by atoms with Gasteiger partial charge in [-0.1, -0.05) is 6.92 Å². The Morgan fingerprint density at radius 3 is 2.29 bits per heavy atom. The highest BCUT2D eigenvalue weighted by Crippen LogP contribution is 2.08. The zero-order chi connectivity index (χ0) is 13.5. The third kappa shape index (κ3) is 8.68. The van der Waals surface area contributed by atoms with Crippen LogP contribution in [0, 0.1) is 0 Å². The Kier molecular flexibility index (Phi) is 6.80. The van der Waals surface area contributed by atoms with E-state index in [1.54, 1.807) is 7.05 Å². The Balaban J connectivity index is 3.98. The van der Waals surface area contributed by atoms with E-state index in [1.807, 2.05) is 32.6 Å². The zero-order valence-corrected chi connectivity index (χ0v) is 11.5. The third-order valence-electron chi connectivity index (χ3n) is 2.15. The number of carbonyl (C=O) groups excluding carboxylic acids is 2. The maximum Gasteiger partial charge on any atom is 0.307 e. The van der Waals surface area contributed by atoms with E-state index in [4.69, 9.17) is 4.74 Å². The summed E-state index contributed by atoms with van der Waals surface area (Å²) in [5.74, 6) is -0.274. The van der Waals surface area contributed by atoms with Crippen LogP contribution in [0.2, 0.25) is 0 Å². The fraction of sp³-hybridized carbons (Fsp3) is 0.833. The lowest BCUT2D eigenvalue weighted by Crippen LogP contribution is -2.37. The van der Waals surface area contributed by atoms with Gasteiger partial charge in [-0.05, 0) is 27.3 Å². The van der Waals surface area contributed by atoms with Gasteiger partial charge in [0.1, 0.15) is 5.60 Å². The second-order valence-corrected chi connectivity index (χ2v) is 4.88. The molecule has 1 N–H and O–H groups in total. The van der Waals surface area contributed by atoms with Crippen molar-refractivity contribution in [1.82, 2.24) is 10.2 Å². The molecule has 0 aromatic carbocycles. The maximum atomic E-state index is 11.5. The Morgan fingerprint density at radius 1 is 1.29 bits per heavy atom. The van der Waals surface area contributed by atoms with Crippen molar-refractivity contribution in [3.8, 4) is 0 Å². The molecular formula is C12H24N2O3. The normalized spacial score (nSPS) is 11.4. The van der Waals surface area contributed by atoms with Gasteiger partial charge in [-0.15, -0.1) is 0 Å². The average Bonchev–Trinajstić information content (AvgIpc) is 2.21. The summed E-state index contributed by atoms with van der Waals surface area (Å²) in [7, 11) is 1.60. The fourth-order valence-electron chi connectivity index (χ4n) is 1.27. The van der Waals surface area contributed by atoms with Crippen molar-refractivity contribution in [2.24, 2.45) is 0 Å². The van der Waals surface area contributed by atoms with E-state index in [9.17, 15) is 9.59 Å². The lowest BCUT2D eigenvalue weighted by atomic mass is 10.2. The topological polar surface area (TPSA) is 58.6 Å². The molecule has 0 spiro atoms. The molecule has 0 radical (unpaired) electrons. The van der Waals surface area contributed by atoms with Crippen LogP contribution < -0.4 is 5.32 Å². The largest absolute Gasteiger partial charge is 0.460 e. The van der Waals surface area contributed by atoms with Crippen LogP contribution in [0.5, 0.6) is 0 Å². The van der Waals surface area contributed by atoms with Crippen LogP contribution in [0.15, 0.2) is 0 Å². The first-order chi connectivity index (χ1) is 7.78. The van der Waals surface area contributed by atoms with Crippen molar-refractivity contribution >= 4 is 11.9 Å². The van der Waals surface area contributed by atoms with Gasteiger partial charge in [-0.2, -0.15) is 0 Å². The van der Waals surface area contributed by atoms with Gasteiger partial charge in [0.05, 0.1) is 13.0 Å². The minimum absolute atomic E-state index is 0.0453. The van der Waals surface area contributed by atoms with E-state index in [0.717, 1.165) is 6.54 Å². The molecule has 0 atom stereocenters. The molecule has 0 bridgehead atoms. The van der Waals surface area contributed by atoms with Crippen LogP contribution in [-0.4, -0.2) is 49.1 Å². The molecule has 17 heavy (non-hydrogen) atoms. The highest BCUT2D eigenvalue weighted by Gasteiger charge is 2.17. The number of nitrogens with one attached hydrogen (secondary N) is 1. The highest BCUT2D eigenvalue weighted by molar-refractivity contribution is 5.77. The predicted octanol–water partition coefficient (Wildman–Crippen LogP) is 0.786. The molecule has 0 aliphatic carbocycles. The van der Waals surface area contributed by atoms with Crippen molar-refractivity contribution in [2.45, 2.75) is 39.7 Å². The van der Waals surface area contributed by atoms with Crippen molar-refractivity contribution in [1.29, 1.82) is 0 Å². The van der Waals surface area contributed by atoms with Crippen LogP contribution in [-0.2, 0) is 14.3 Å². The molecule has 0 aliphatic rings. The Bertz CT molecular complexity index is 259. The average molecular weight is 244 g/mol. The lowest BCUT2D eigenvalue weighted by Gasteiger charge is -2.22. The maximum absolute atomic E-state index is 11.5. The molecule has 0 rings (SSSR count). The first-order valence-corrected chi connectivity index (χ1v) is 5.93. The number of rotatable bonds is 6. The van der Waals surface area contributed by atoms with E-state index in [-0.39, 0.29) is 11.9 Å². The summed E-state index contributed by atoms with van der Waals surface area (Å²) in [5.41, 5.74) is -0.449. The van der Waals surface area contributed by atoms with Gasteiger partial charge in [0.2, 0.25) is 5.91 Å². The minimum atomic E-state index is -0.449. The predicted molar refractivity (Wildman–Crippen MR) is 66.6 cm³/mol. The first kappa shape index (κ1) is 15.9. The van der Waals surface area contributed by atoms with Crippen LogP contribution in [0.1, 0.15) is 34.1 Å². The number of hydrogen-bond donors (Lipinski definition) is 1. The van der Waals surface area contributed by atoms with Gasteiger partial charge in [0, 0.05) is 13.6 Å². The number of amides is 1. The lowest BCUT2D eigenvalue weighted by molar-refractivity contribution is -0.155. The van der Waals surface area contributed by atoms with Gasteiger partial charge in [0.25, 0.3) is 0 Å². The van der Waals surface area contributed by atoms with Crippen LogP contribution in [0.4, 0.5) is 0 Å². The van der Waals surface area contributed by atoms with E-state index < -0.39 is 5.60 Å². The Labute approximate surface area is 103 Å². The van der Waals surface area contributed by atoms with Crippen molar-refractivity contribution in [2.75, 3.05) is 26.7 Å². The van der Waals surface area contributed by atoms with Gasteiger partial charge >= 0.3 is 5.97 Å². The Morgan fingerprint density at radius 2 is 1.88 bits per heavy atom. The van der Waals surface area contributed by atoms with Gasteiger partial charge in [-0.25, -0.2) is 0 Å². The zero-order valence-electron chi connectivity index (χ0n) is 11.5. The van der Waals surface area contributed by atoms with E-state index in [2.05, 4.69) is 5.32 Å². The summed E-state index contributed by atoms with van der Waals surface area (Å²) < 4.78 is 5.20. The van der Waals surface area contributed by atoms with Crippen LogP contribution >= 0.6 is 0 Å². The molecule has 0 aromatic heterocycles. The van der Waals surface area contributed by atoms with Gasteiger partial charge < -0.3 is 10.1 Å². The number of hydrogen-bond acceptors (Lipinski definition) is 4. The SMILES string of the molecule is CCN(CCC(=O)OC(C)(C)C)CC(=O)NC. The highest BCUT2D eigenvalue weighted by atomic mass is 16.6. The first-order valence-electron chi connectivity index (χ1n) is 5.93. The number of likely N-dealkylation sites (N-methyl/N-ethyl adjacent to an activating group) is 2. The molecular weight excluding hydrogens is 220 g/mol. The summed E-state index contributed by atoms with van der Waals surface area (Å²) in [6.07, 6.45) is 0.308. The molecule has 0 aromatic rings. The summed E-state index contributed by atoms with van der Waals surface area (Å²) >= 11 is 0. The van der Waals surface area contributed by atoms with Gasteiger partial charge in [0.15, 0.2) is 0 Å². The molecule has 0 heterocycles. The quantitative estimate of drug-likeness (QED) is 0.702. The van der Waals surface area contributed by atoms with E-state index in [1.165, 1.54) is 0 Å². The van der Waals surface area contributed by atoms with Crippen molar-refractivity contribution in [3.63, 3.8) is 0 Å². The van der Waals surface area contributed by atoms with Crippen LogP contribution in [0.25, 0.3) is 0 Å². The molecule has 0 aliphatic heterocycles. The smallest absolute Gasteiger partial charge is 0.307 e. The number of esters is 1. The molecule has 1 amide bonds. The molecule has 100 valence electrons. The molecule has 0 fully saturated rings. The van der Waals surface area contributed by atoms with Gasteiger partial charge in [-0.3, -0.25) is 14.5 Å². The summed E-state index contributed by atoms with van der Waals surface area (Å²) in [5, 5.41) is 2.56. The summed E-state index contributed by atoms with van der Waals surface area (Å²) in [6, 6.07) is 0. The van der Waals surface area contributed by atoms with Crippen LogP contribution in [0.3, 0.4) is 0 Å². The monoisotopic (exact) mass is 244 g/mol. The van der Waals surface area contributed by atoms with E-state index >= 15 is 0 Å². The number of ether oxygens (including phenoxy) is 1. The number of carbonyl (C=O) groups is 2. The summed E-state index contributed by atoms with van der Waals surface area (Å²) in [4.78, 5) is 24.6. The second kappa shape index (κ2) is 7.27. The Hall–Kier alpha value is -1.10. The number of nitrogens with zero attached hydrogens (tertiary/aromatic N) is 1. The fourth-order valence-corrected chi connectivity index (χ4v) is 1.27. The molecule has 5 heteroatoms. The second-order valence-electron chi connectivity index (χ2n) is 4.88. The molecule has 0 saturated carbocycles. The third-order valence-corrected chi connectivity index (χ3v) is 2.15. The minimum Gasteiger partial charge on any atom is -0.460 e. The van der Waals surface area contributed by atoms with Crippen molar-refractivity contribution < 1.29 is 14.3 Å². The molecule has 0 unspecified atom stereocenters. The standard InChI is InChI=1S/C12H24N2O3/c1-6-14(9-10(15)13-5)8-7-11(16)17-12(2,3)4/h6-9H2,1-5H3,(H,13,15). The summed E-state index contributed by atoms with van der Waals surface area (Å²) in [6.45, 7) is 9.07. The van der Waals surface area contributed by atoms with E-state index in [0.29, 0.717) is 19.5 Å². The molecule has 5 nitrogen and oxygen atoms in total.